The van der Waals surface area contributed by atoms with Gasteiger partial charge in [0, 0.05) is 13.1 Å². The number of aryl methyl sites for hydroxylation is 1. The van der Waals surface area contributed by atoms with Crippen molar-refractivity contribution in [3.8, 4) is 0 Å². The van der Waals surface area contributed by atoms with E-state index < -0.39 is 21.8 Å². The summed E-state index contributed by atoms with van der Waals surface area (Å²) in [5.74, 6) is -1.02. The second-order valence-corrected chi connectivity index (χ2v) is 9.42. The lowest BCUT2D eigenvalue weighted by Crippen LogP contribution is -2.46. The molecule has 29 heavy (non-hydrogen) atoms. The van der Waals surface area contributed by atoms with Crippen LogP contribution in [0.15, 0.2) is 53.4 Å². The molecule has 0 aliphatic carbocycles. The predicted molar refractivity (Wildman–Crippen MR) is 110 cm³/mol. The van der Waals surface area contributed by atoms with E-state index >= 15 is 0 Å². The number of rotatable bonds is 6. The maximum Gasteiger partial charge on any atom is 0.243 e. The molecular formula is C22H27FN2O3S. The number of carbonyl (C=O) groups is 1. The van der Waals surface area contributed by atoms with Gasteiger partial charge in [-0.2, -0.15) is 4.31 Å². The van der Waals surface area contributed by atoms with Crippen molar-refractivity contribution < 1.29 is 17.6 Å². The average Bonchev–Trinajstić information content (AvgIpc) is 2.73. The van der Waals surface area contributed by atoms with E-state index in [1.165, 1.54) is 16.4 Å². The van der Waals surface area contributed by atoms with E-state index in [9.17, 15) is 17.6 Å². The molecule has 1 heterocycles. The van der Waals surface area contributed by atoms with Gasteiger partial charge in [-0.15, -0.1) is 0 Å². The molecular weight excluding hydrogens is 391 g/mol. The summed E-state index contributed by atoms with van der Waals surface area (Å²) in [6, 6.07) is 12.6. The molecule has 2 aromatic carbocycles. The molecule has 7 heteroatoms. The van der Waals surface area contributed by atoms with Crippen LogP contribution < -0.4 is 5.32 Å². The number of amides is 1. The van der Waals surface area contributed by atoms with Gasteiger partial charge in [-0.3, -0.25) is 4.79 Å². The number of nitrogens with zero attached hydrogens (tertiary/aromatic N) is 1. The zero-order valence-corrected chi connectivity index (χ0v) is 17.6. The monoisotopic (exact) mass is 418 g/mol. The third kappa shape index (κ3) is 4.85. The highest BCUT2D eigenvalue weighted by Gasteiger charge is 2.34. The zero-order valence-electron chi connectivity index (χ0n) is 16.8. The van der Waals surface area contributed by atoms with E-state index in [1.807, 2.05) is 38.1 Å². The third-order valence-corrected chi connectivity index (χ3v) is 7.37. The molecule has 3 rings (SSSR count). The van der Waals surface area contributed by atoms with Crippen LogP contribution >= 0.6 is 0 Å². The molecule has 1 N–H and O–H groups in total. The summed E-state index contributed by atoms with van der Waals surface area (Å²) < 4.78 is 40.2. The average molecular weight is 419 g/mol. The second-order valence-electron chi connectivity index (χ2n) is 7.48. The number of hydrogen-bond acceptors (Lipinski definition) is 3. The van der Waals surface area contributed by atoms with Crippen LogP contribution in [0.4, 0.5) is 4.39 Å². The quantitative estimate of drug-likeness (QED) is 0.776. The van der Waals surface area contributed by atoms with Crippen molar-refractivity contribution in [1.82, 2.24) is 9.62 Å². The van der Waals surface area contributed by atoms with Crippen molar-refractivity contribution >= 4 is 15.9 Å². The van der Waals surface area contributed by atoms with Crippen molar-refractivity contribution in [2.45, 2.75) is 44.0 Å². The summed E-state index contributed by atoms with van der Waals surface area (Å²) >= 11 is 0. The summed E-state index contributed by atoms with van der Waals surface area (Å²) in [4.78, 5) is 13.0. The Balaban J connectivity index is 1.72. The first-order chi connectivity index (χ1) is 13.8. The highest BCUT2D eigenvalue weighted by Crippen LogP contribution is 2.26. The Bertz CT molecular complexity index is 960. The van der Waals surface area contributed by atoms with E-state index in [0.29, 0.717) is 19.4 Å². The molecule has 0 unspecified atom stereocenters. The third-order valence-electron chi connectivity index (χ3n) is 5.49. The first kappa shape index (κ1) is 21.5. The number of piperidine rings is 1. The Morgan fingerprint density at radius 2 is 1.90 bits per heavy atom. The van der Waals surface area contributed by atoms with Gasteiger partial charge in [-0.05, 0) is 61.6 Å². The minimum absolute atomic E-state index is 0.0475. The molecule has 156 valence electrons. The fourth-order valence-electron chi connectivity index (χ4n) is 3.80. The molecule has 1 fully saturated rings. The number of hydrogen-bond donors (Lipinski definition) is 1. The normalized spacial score (nSPS) is 18.9. The van der Waals surface area contributed by atoms with Crippen LogP contribution in [-0.2, 0) is 14.8 Å². The fraction of sp³-hybridized carbons (Fsp3) is 0.409. The Morgan fingerprint density at radius 3 is 2.55 bits per heavy atom. The van der Waals surface area contributed by atoms with Crippen molar-refractivity contribution in [2.24, 2.45) is 5.92 Å². The lowest BCUT2D eigenvalue weighted by molar-refractivity contribution is -0.126. The van der Waals surface area contributed by atoms with Gasteiger partial charge in [0.2, 0.25) is 15.9 Å². The fourth-order valence-corrected chi connectivity index (χ4v) is 5.32. The molecule has 0 saturated carbocycles. The molecule has 2 atom stereocenters. The smallest absolute Gasteiger partial charge is 0.243 e. The van der Waals surface area contributed by atoms with Crippen LogP contribution in [0.25, 0.3) is 0 Å². The Labute approximate surface area is 172 Å². The largest absolute Gasteiger partial charge is 0.349 e. The number of halogens is 1. The van der Waals surface area contributed by atoms with E-state index in [4.69, 9.17) is 0 Å². The molecule has 1 amide bonds. The molecule has 1 aliphatic rings. The molecule has 5 nitrogen and oxygen atoms in total. The summed E-state index contributed by atoms with van der Waals surface area (Å²) in [5, 5.41) is 3.10. The van der Waals surface area contributed by atoms with Gasteiger partial charge in [0.15, 0.2) is 0 Å². The topological polar surface area (TPSA) is 66.5 Å². The van der Waals surface area contributed by atoms with Crippen LogP contribution in [-0.4, -0.2) is 31.7 Å². The highest BCUT2D eigenvalue weighted by atomic mass is 32.2. The van der Waals surface area contributed by atoms with Gasteiger partial charge in [0.25, 0.3) is 0 Å². The van der Waals surface area contributed by atoms with Gasteiger partial charge in [-0.1, -0.05) is 31.2 Å². The van der Waals surface area contributed by atoms with E-state index in [-0.39, 0.29) is 23.4 Å². The Hall–Kier alpha value is -2.25. The van der Waals surface area contributed by atoms with Crippen molar-refractivity contribution in [3.63, 3.8) is 0 Å². The second kappa shape index (κ2) is 9.05. The van der Waals surface area contributed by atoms with Gasteiger partial charge in [0.1, 0.15) is 5.82 Å². The van der Waals surface area contributed by atoms with E-state index in [0.717, 1.165) is 29.7 Å². The van der Waals surface area contributed by atoms with Gasteiger partial charge in [-0.25, -0.2) is 12.8 Å². The van der Waals surface area contributed by atoms with Gasteiger partial charge < -0.3 is 5.32 Å². The minimum Gasteiger partial charge on any atom is -0.349 e. The van der Waals surface area contributed by atoms with Gasteiger partial charge >= 0.3 is 0 Å². The summed E-state index contributed by atoms with van der Waals surface area (Å²) in [6.45, 7) is 4.53. The zero-order chi connectivity index (χ0) is 21.0. The minimum atomic E-state index is -3.75. The molecule has 0 aromatic heterocycles. The van der Waals surface area contributed by atoms with Crippen LogP contribution in [0.1, 0.15) is 43.4 Å². The lowest BCUT2D eigenvalue weighted by Gasteiger charge is -2.32. The van der Waals surface area contributed by atoms with E-state index in [2.05, 4.69) is 5.32 Å². The number of sulfonamides is 1. The predicted octanol–water partition coefficient (Wildman–Crippen LogP) is 3.80. The first-order valence-electron chi connectivity index (χ1n) is 9.94. The molecule has 1 saturated heterocycles. The molecule has 2 aromatic rings. The first-order valence-corrected chi connectivity index (χ1v) is 11.4. The summed E-state index contributed by atoms with van der Waals surface area (Å²) in [7, 11) is -3.75. The number of nitrogens with one attached hydrogen (secondary N) is 1. The Kier molecular flexibility index (Phi) is 6.70. The summed E-state index contributed by atoms with van der Waals surface area (Å²) in [6.07, 6.45) is 2.01. The molecule has 0 spiro atoms. The Morgan fingerprint density at radius 1 is 1.21 bits per heavy atom. The maximum absolute atomic E-state index is 13.1. The van der Waals surface area contributed by atoms with Crippen molar-refractivity contribution in [3.05, 3.63) is 65.5 Å². The SMILES string of the molecule is CC[C@H](NC(=O)[C@H]1CCCN(S(=O)(=O)c2ccc(F)cc2)C1)c1ccccc1C. The van der Waals surface area contributed by atoms with Gasteiger partial charge in [0.05, 0.1) is 16.9 Å². The van der Waals surface area contributed by atoms with Crippen LogP contribution in [0.3, 0.4) is 0 Å². The van der Waals surface area contributed by atoms with Crippen molar-refractivity contribution in [1.29, 1.82) is 0 Å². The lowest BCUT2D eigenvalue weighted by atomic mass is 9.95. The van der Waals surface area contributed by atoms with Crippen LogP contribution in [0, 0.1) is 18.7 Å². The molecule has 0 radical (unpaired) electrons. The molecule has 0 bridgehead atoms. The number of benzene rings is 2. The van der Waals surface area contributed by atoms with Crippen molar-refractivity contribution in [2.75, 3.05) is 13.1 Å². The highest BCUT2D eigenvalue weighted by molar-refractivity contribution is 7.89. The number of carbonyl (C=O) groups excluding carboxylic acids is 1. The maximum atomic E-state index is 13.1. The summed E-state index contributed by atoms with van der Waals surface area (Å²) in [5.41, 5.74) is 2.19. The standard InChI is InChI=1S/C22H27FN2O3S/c1-3-21(20-9-5-4-7-16(20)2)24-22(26)17-8-6-14-25(15-17)29(27,28)19-12-10-18(23)11-13-19/h4-5,7,9-13,17,21H,3,6,8,14-15H2,1-2H3,(H,24,26)/t17-,21-/m0/s1. The van der Waals surface area contributed by atoms with Crippen LogP contribution in [0.5, 0.6) is 0 Å². The van der Waals surface area contributed by atoms with E-state index in [1.54, 1.807) is 0 Å². The van der Waals surface area contributed by atoms with Crippen LogP contribution in [0.2, 0.25) is 0 Å². The molecule has 1 aliphatic heterocycles.